The number of thioether (sulfide) groups is 1. The number of benzene rings is 1. The van der Waals surface area contributed by atoms with Gasteiger partial charge in [0.2, 0.25) is 5.91 Å². The van der Waals surface area contributed by atoms with Gasteiger partial charge in [0.1, 0.15) is 16.2 Å². The molecule has 0 aliphatic heterocycles. The van der Waals surface area contributed by atoms with Crippen LogP contribution >= 0.6 is 23.1 Å². The number of hydrogen-bond donors (Lipinski definition) is 1. The van der Waals surface area contributed by atoms with Crippen molar-refractivity contribution < 1.29 is 4.79 Å². The summed E-state index contributed by atoms with van der Waals surface area (Å²) in [5.74, 6) is 1.11. The van der Waals surface area contributed by atoms with E-state index in [9.17, 15) is 4.79 Å². The normalized spacial score (nSPS) is 16.0. The van der Waals surface area contributed by atoms with E-state index in [-0.39, 0.29) is 5.91 Å². The van der Waals surface area contributed by atoms with Crippen LogP contribution in [0.2, 0.25) is 0 Å². The van der Waals surface area contributed by atoms with E-state index >= 15 is 0 Å². The fraction of sp³-hybridized carbons (Fsp3) is 0.435. The average molecular weight is 426 g/mol. The van der Waals surface area contributed by atoms with Gasteiger partial charge in [-0.2, -0.15) is 0 Å². The van der Waals surface area contributed by atoms with Gasteiger partial charge in [-0.05, 0) is 54.7 Å². The molecule has 1 N–H and O–H groups in total. The number of fused-ring (bicyclic) bond motifs is 3. The van der Waals surface area contributed by atoms with Gasteiger partial charge in [0.15, 0.2) is 0 Å². The first-order valence-electron chi connectivity index (χ1n) is 10.4. The summed E-state index contributed by atoms with van der Waals surface area (Å²) in [5.41, 5.74) is 4.77. The largest absolute Gasteiger partial charge is 0.325 e. The lowest BCUT2D eigenvalue weighted by molar-refractivity contribution is -0.113. The number of hydrogen-bond acceptors (Lipinski definition) is 5. The molecule has 3 aromatic rings. The van der Waals surface area contributed by atoms with Gasteiger partial charge in [0.25, 0.3) is 0 Å². The van der Waals surface area contributed by atoms with Crippen molar-refractivity contribution in [2.45, 2.75) is 57.9 Å². The van der Waals surface area contributed by atoms with E-state index in [1.807, 2.05) is 0 Å². The van der Waals surface area contributed by atoms with Crippen LogP contribution in [0.25, 0.3) is 10.2 Å². The Bertz CT molecular complexity index is 1020. The maximum Gasteiger partial charge on any atom is 0.234 e. The molecule has 29 heavy (non-hydrogen) atoms. The van der Waals surface area contributed by atoms with Gasteiger partial charge in [0.05, 0.1) is 5.75 Å². The predicted octanol–water partition coefficient (Wildman–Crippen LogP) is 5.67. The third-order valence-corrected chi connectivity index (χ3v) is 7.81. The van der Waals surface area contributed by atoms with Crippen LogP contribution in [-0.2, 0) is 30.5 Å². The Morgan fingerprint density at radius 2 is 2.00 bits per heavy atom. The van der Waals surface area contributed by atoms with Crippen LogP contribution in [0.1, 0.15) is 48.8 Å². The Morgan fingerprint density at radius 1 is 1.24 bits per heavy atom. The molecule has 0 fully saturated rings. The molecule has 0 bridgehead atoms. The van der Waals surface area contributed by atoms with Crippen LogP contribution in [0.5, 0.6) is 0 Å². The van der Waals surface area contributed by atoms with Crippen LogP contribution in [0, 0.1) is 5.92 Å². The number of thiophene rings is 1. The molecule has 0 saturated carbocycles. The summed E-state index contributed by atoms with van der Waals surface area (Å²) in [6.45, 7) is 6.56. The molecule has 1 aliphatic rings. The zero-order valence-corrected chi connectivity index (χ0v) is 18.9. The Hall–Kier alpha value is -1.92. The minimum Gasteiger partial charge on any atom is -0.325 e. The molecule has 4 nitrogen and oxygen atoms in total. The van der Waals surface area contributed by atoms with Crippen LogP contribution in [-0.4, -0.2) is 21.6 Å². The number of carbonyl (C=O) groups is 1. The number of nitrogens with one attached hydrogen (secondary N) is 1. The van der Waals surface area contributed by atoms with Crippen molar-refractivity contribution in [3.05, 3.63) is 46.1 Å². The smallest absolute Gasteiger partial charge is 0.234 e. The van der Waals surface area contributed by atoms with Gasteiger partial charge >= 0.3 is 0 Å². The van der Waals surface area contributed by atoms with E-state index in [0.29, 0.717) is 5.75 Å². The van der Waals surface area contributed by atoms with Crippen molar-refractivity contribution in [2.75, 3.05) is 11.1 Å². The molecule has 0 saturated heterocycles. The molecule has 0 radical (unpaired) electrons. The second-order valence-corrected chi connectivity index (χ2v) is 9.75. The lowest BCUT2D eigenvalue weighted by atomic mass is 9.89. The summed E-state index contributed by atoms with van der Waals surface area (Å²) in [5, 5.41) is 5.28. The second-order valence-electron chi connectivity index (χ2n) is 7.71. The predicted molar refractivity (Wildman–Crippen MR) is 123 cm³/mol. The molecule has 152 valence electrons. The third kappa shape index (κ3) is 4.19. The molecule has 1 aliphatic carbocycles. The minimum atomic E-state index is 0.0232. The monoisotopic (exact) mass is 425 g/mol. The van der Waals surface area contributed by atoms with E-state index in [1.54, 1.807) is 17.7 Å². The molecule has 2 aromatic heterocycles. The first-order valence-corrected chi connectivity index (χ1v) is 12.2. The second kappa shape index (κ2) is 8.84. The number of aryl methyl sites for hydroxylation is 3. The molecule has 1 unspecified atom stereocenters. The number of rotatable bonds is 6. The van der Waals surface area contributed by atoms with Crippen molar-refractivity contribution in [1.29, 1.82) is 0 Å². The highest BCUT2D eigenvalue weighted by atomic mass is 32.2. The molecule has 0 spiro atoms. The van der Waals surface area contributed by atoms with Gasteiger partial charge in [-0.3, -0.25) is 4.79 Å². The lowest BCUT2D eigenvalue weighted by Crippen LogP contribution is -2.17. The fourth-order valence-corrected chi connectivity index (χ4v) is 6.31. The van der Waals surface area contributed by atoms with Gasteiger partial charge in [-0.15, -0.1) is 11.3 Å². The summed E-state index contributed by atoms with van der Waals surface area (Å²) in [6.07, 6.45) is 6.88. The van der Waals surface area contributed by atoms with E-state index in [4.69, 9.17) is 0 Å². The van der Waals surface area contributed by atoms with Crippen LogP contribution < -0.4 is 5.32 Å². The van der Waals surface area contributed by atoms with E-state index in [2.05, 4.69) is 54.3 Å². The zero-order chi connectivity index (χ0) is 20.4. The Kier molecular flexibility index (Phi) is 6.20. The Balaban J connectivity index is 1.53. The molecular formula is C23H27N3OS2. The molecule has 1 amide bonds. The SMILES string of the molecule is CCc1cccc(CC)c1NC(=O)CSc1ncnc2sc3c(c12)CCC(C)C3. The van der Waals surface area contributed by atoms with Crippen LogP contribution in [0.15, 0.2) is 29.6 Å². The highest BCUT2D eigenvalue weighted by Gasteiger charge is 2.23. The molecule has 2 heterocycles. The van der Waals surface area contributed by atoms with E-state index in [0.717, 1.165) is 47.1 Å². The van der Waals surface area contributed by atoms with Crippen molar-refractivity contribution >= 4 is 44.9 Å². The van der Waals surface area contributed by atoms with Crippen molar-refractivity contribution in [3.8, 4) is 0 Å². The summed E-state index contributed by atoms with van der Waals surface area (Å²) < 4.78 is 0. The number of anilines is 1. The summed E-state index contributed by atoms with van der Waals surface area (Å²) in [6, 6.07) is 6.25. The van der Waals surface area contributed by atoms with Gasteiger partial charge < -0.3 is 5.32 Å². The average Bonchev–Trinajstić information content (AvgIpc) is 3.10. The standard InChI is InChI=1S/C23H27N3OS2/c1-4-15-7-6-8-16(5-2)21(15)26-19(27)12-28-22-20-17-10-9-14(3)11-18(17)29-23(20)25-13-24-22/h6-8,13-14H,4-5,9-12H2,1-3H3,(H,26,27). The van der Waals surface area contributed by atoms with Gasteiger partial charge in [-0.25, -0.2) is 9.97 Å². The van der Waals surface area contributed by atoms with Gasteiger partial charge in [-0.1, -0.05) is 50.7 Å². The van der Waals surface area contributed by atoms with E-state index in [1.165, 1.54) is 45.1 Å². The number of nitrogens with zero attached hydrogens (tertiary/aromatic N) is 2. The minimum absolute atomic E-state index is 0.0232. The first kappa shape index (κ1) is 20.4. The molecule has 6 heteroatoms. The molecule has 1 aromatic carbocycles. The van der Waals surface area contributed by atoms with Gasteiger partial charge in [0, 0.05) is 16.0 Å². The topological polar surface area (TPSA) is 54.9 Å². The lowest BCUT2D eigenvalue weighted by Gasteiger charge is -2.18. The summed E-state index contributed by atoms with van der Waals surface area (Å²) in [4.78, 5) is 24.3. The van der Waals surface area contributed by atoms with Crippen LogP contribution in [0.4, 0.5) is 5.69 Å². The number of amides is 1. The first-order chi connectivity index (χ1) is 14.1. The zero-order valence-electron chi connectivity index (χ0n) is 17.2. The van der Waals surface area contributed by atoms with Crippen molar-refractivity contribution in [1.82, 2.24) is 9.97 Å². The maximum atomic E-state index is 12.8. The molecule has 4 rings (SSSR count). The molecular weight excluding hydrogens is 398 g/mol. The highest BCUT2D eigenvalue weighted by Crippen LogP contribution is 2.40. The van der Waals surface area contributed by atoms with Crippen molar-refractivity contribution in [3.63, 3.8) is 0 Å². The Labute approximate surface area is 180 Å². The number of para-hydroxylation sites is 1. The fourth-order valence-electron chi connectivity index (χ4n) is 4.07. The number of carbonyl (C=O) groups excluding carboxylic acids is 1. The molecule has 1 atom stereocenters. The number of aromatic nitrogens is 2. The summed E-state index contributed by atoms with van der Waals surface area (Å²) in [7, 11) is 0. The Morgan fingerprint density at radius 3 is 2.72 bits per heavy atom. The summed E-state index contributed by atoms with van der Waals surface area (Å²) >= 11 is 3.33. The highest BCUT2D eigenvalue weighted by molar-refractivity contribution is 8.00. The quantitative estimate of drug-likeness (QED) is 0.408. The van der Waals surface area contributed by atoms with Crippen LogP contribution in [0.3, 0.4) is 0 Å². The van der Waals surface area contributed by atoms with E-state index < -0.39 is 0 Å². The third-order valence-electron chi connectivity index (χ3n) is 5.66. The van der Waals surface area contributed by atoms with Crippen molar-refractivity contribution in [2.24, 2.45) is 5.92 Å². The maximum absolute atomic E-state index is 12.8.